The van der Waals surface area contributed by atoms with E-state index in [1.165, 1.54) is 12.1 Å². The molecule has 0 aliphatic heterocycles. The molecule has 106 valence electrons. The predicted molar refractivity (Wildman–Crippen MR) is 63.2 cm³/mol. The summed E-state index contributed by atoms with van der Waals surface area (Å²) in [4.78, 5) is 10.8. The van der Waals surface area contributed by atoms with Crippen molar-refractivity contribution in [1.29, 1.82) is 0 Å². The van der Waals surface area contributed by atoms with Gasteiger partial charge in [0, 0.05) is 0 Å². The Kier molecular flexibility index (Phi) is 5.04. The number of benzene rings is 1. The smallest absolute Gasteiger partial charge is 0.479 e. The molecule has 0 amide bonds. The van der Waals surface area contributed by atoms with E-state index in [0.29, 0.717) is 0 Å². The first-order valence-corrected chi connectivity index (χ1v) is 5.97. The third-order valence-electron chi connectivity index (χ3n) is 2.05. The van der Waals surface area contributed by atoms with Gasteiger partial charge in [-0.3, -0.25) is 0 Å². The quantitative estimate of drug-likeness (QED) is 0.888. The number of rotatable bonds is 5. The lowest BCUT2D eigenvalue weighted by molar-refractivity contribution is -0.274. The highest BCUT2D eigenvalue weighted by Crippen LogP contribution is 2.33. The highest BCUT2D eigenvalue weighted by molar-refractivity contribution is 9.10. The van der Waals surface area contributed by atoms with E-state index in [9.17, 15) is 18.0 Å². The minimum atomic E-state index is -4.79. The average molecular weight is 343 g/mol. The van der Waals surface area contributed by atoms with Gasteiger partial charge in [0.15, 0.2) is 6.10 Å². The fourth-order valence-corrected chi connectivity index (χ4v) is 1.67. The van der Waals surface area contributed by atoms with Gasteiger partial charge in [-0.15, -0.1) is 13.2 Å². The Morgan fingerprint density at radius 2 is 2.11 bits per heavy atom. The van der Waals surface area contributed by atoms with Crippen LogP contribution in [0.2, 0.25) is 0 Å². The number of carboxylic acids is 1. The molecule has 0 saturated carbocycles. The van der Waals surface area contributed by atoms with Gasteiger partial charge in [-0.25, -0.2) is 4.79 Å². The molecule has 1 unspecified atom stereocenters. The highest BCUT2D eigenvalue weighted by Gasteiger charge is 2.32. The number of halogens is 4. The minimum Gasteiger partial charge on any atom is -0.479 e. The van der Waals surface area contributed by atoms with Crippen molar-refractivity contribution in [2.24, 2.45) is 0 Å². The zero-order valence-corrected chi connectivity index (χ0v) is 11.3. The van der Waals surface area contributed by atoms with Crippen molar-refractivity contribution in [3.8, 4) is 11.5 Å². The Labute approximate surface area is 115 Å². The van der Waals surface area contributed by atoms with Gasteiger partial charge in [-0.05, 0) is 40.5 Å². The molecule has 0 heterocycles. The molecule has 1 rings (SSSR count). The van der Waals surface area contributed by atoms with Crippen LogP contribution in [0.15, 0.2) is 22.7 Å². The maximum Gasteiger partial charge on any atom is 0.573 e. The van der Waals surface area contributed by atoms with Gasteiger partial charge in [0.25, 0.3) is 0 Å². The lowest BCUT2D eigenvalue weighted by atomic mass is 10.2. The molecule has 0 aromatic heterocycles. The normalized spacial score (nSPS) is 12.9. The van der Waals surface area contributed by atoms with E-state index in [-0.39, 0.29) is 16.6 Å². The molecule has 0 bridgehead atoms. The summed E-state index contributed by atoms with van der Waals surface area (Å²) in [6, 6.07) is 3.46. The summed E-state index contributed by atoms with van der Waals surface area (Å²) in [5.74, 6) is -1.44. The summed E-state index contributed by atoms with van der Waals surface area (Å²) in [5, 5.41) is 8.80. The zero-order valence-electron chi connectivity index (χ0n) is 9.70. The molecule has 0 saturated heterocycles. The molecular formula is C11H10BrF3O4. The van der Waals surface area contributed by atoms with Crippen molar-refractivity contribution >= 4 is 21.9 Å². The summed E-state index contributed by atoms with van der Waals surface area (Å²) >= 11 is 2.90. The van der Waals surface area contributed by atoms with Gasteiger partial charge in [-0.1, -0.05) is 6.92 Å². The lowest BCUT2D eigenvalue weighted by Gasteiger charge is -2.15. The summed E-state index contributed by atoms with van der Waals surface area (Å²) < 4.78 is 45.0. The molecule has 1 N–H and O–H groups in total. The first kappa shape index (κ1) is 15.6. The second-order valence-corrected chi connectivity index (χ2v) is 4.35. The zero-order chi connectivity index (χ0) is 14.6. The summed E-state index contributed by atoms with van der Waals surface area (Å²) in [6.45, 7) is 1.62. The van der Waals surface area contributed by atoms with Gasteiger partial charge >= 0.3 is 12.3 Å². The molecule has 19 heavy (non-hydrogen) atoms. The van der Waals surface area contributed by atoms with Gasteiger partial charge in [0.1, 0.15) is 11.5 Å². The number of aliphatic carboxylic acids is 1. The first-order valence-electron chi connectivity index (χ1n) is 5.17. The number of hydrogen-bond acceptors (Lipinski definition) is 3. The maximum absolute atomic E-state index is 12.0. The molecule has 0 fully saturated rings. The van der Waals surface area contributed by atoms with Gasteiger partial charge in [0.05, 0.1) is 4.47 Å². The molecular weight excluding hydrogens is 333 g/mol. The number of hydrogen-bond donors (Lipinski definition) is 1. The van der Waals surface area contributed by atoms with E-state index in [0.717, 1.165) is 6.07 Å². The van der Waals surface area contributed by atoms with Crippen molar-refractivity contribution in [2.75, 3.05) is 0 Å². The fraction of sp³-hybridized carbons (Fsp3) is 0.364. The van der Waals surface area contributed by atoms with Gasteiger partial charge in [-0.2, -0.15) is 0 Å². The second-order valence-electron chi connectivity index (χ2n) is 3.49. The Hall–Kier alpha value is -1.44. The van der Waals surface area contributed by atoms with E-state index in [4.69, 9.17) is 9.84 Å². The Morgan fingerprint density at radius 1 is 1.47 bits per heavy atom. The van der Waals surface area contributed by atoms with E-state index < -0.39 is 24.2 Å². The lowest BCUT2D eigenvalue weighted by Crippen LogP contribution is -2.25. The van der Waals surface area contributed by atoms with Crippen LogP contribution in [0.25, 0.3) is 0 Å². The molecule has 0 spiro atoms. The van der Waals surface area contributed by atoms with E-state index in [1.54, 1.807) is 6.92 Å². The molecule has 1 aromatic carbocycles. The van der Waals surface area contributed by atoms with E-state index in [1.807, 2.05) is 0 Å². The highest BCUT2D eigenvalue weighted by atomic mass is 79.9. The van der Waals surface area contributed by atoms with Crippen LogP contribution in [-0.4, -0.2) is 23.5 Å². The van der Waals surface area contributed by atoms with Crippen molar-refractivity contribution in [1.82, 2.24) is 0 Å². The van der Waals surface area contributed by atoms with Crippen LogP contribution in [0.5, 0.6) is 11.5 Å². The van der Waals surface area contributed by atoms with E-state index >= 15 is 0 Å². The number of ether oxygens (including phenoxy) is 2. The van der Waals surface area contributed by atoms with Crippen molar-refractivity contribution < 1.29 is 32.5 Å². The number of carboxylic acid groups (broad SMARTS) is 1. The minimum absolute atomic E-state index is 0.0163. The van der Waals surface area contributed by atoms with E-state index in [2.05, 4.69) is 20.7 Å². The average Bonchev–Trinajstić information content (AvgIpc) is 2.27. The van der Waals surface area contributed by atoms with Crippen LogP contribution in [0.3, 0.4) is 0 Å². The third kappa shape index (κ3) is 4.98. The molecule has 1 atom stereocenters. The Morgan fingerprint density at radius 3 is 2.53 bits per heavy atom. The standard InChI is InChI=1S/C11H10BrF3O4/c1-2-8(10(16)17)18-6-3-4-9(7(12)5-6)19-11(13,14)15/h3-5,8H,2H2,1H3,(H,16,17). The largest absolute Gasteiger partial charge is 0.573 e. The van der Waals surface area contributed by atoms with Crippen molar-refractivity contribution in [3.63, 3.8) is 0 Å². The van der Waals surface area contributed by atoms with Crippen LogP contribution in [-0.2, 0) is 4.79 Å². The van der Waals surface area contributed by atoms with Crippen LogP contribution in [0.4, 0.5) is 13.2 Å². The predicted octanol–water partition coefficient (Wildman–Crippen LogP) is 3.59. The summed E-state index contributed by atoms with van der Waals surface area (Å²) in [6.07, 6.45) is -5.62. The first-order chi connectivity index (χ1) is 8.73. The van der Waals surface area contributed by atoms with Gasteiger partial charge < -0.3 is 14.6 Å². The van der Waals surface area contributed by atoms with Crippen LogP contribution >= 0.6 is 15.9 Å². The molecule has 0 aliphatic carbocycles. The molecule has 4 nitrogen and oxygen atoms in total. The molecule has 8 heteroatoms. The maximum atomic E-state index is 12.0. The van der Waals surface area contributed by atoms with Crippen LogP contribution in [0, 0.1) is 0 Å². The second kappa shape index (κ2) is 6.14. The van der Waals surface area contributed by atoms with Crippen LogP contribution in [0.1, 0.15) is 13.3 Å². The Bertz CT molecular complexity index is 462. The monoisotopic (exact) mass is 342 g/mol. The van der Waals surface area contributed by atoms with Crippen molar-refractivity contribution in [2.45, 2.75) is 25.8 Å². The summed E-state index contributed by atoms with van der Waals surface area (Å²) in [5.41, 5.74) is 0. The topological polar surface area (TPSA) is 55.8 Å². The summed E-state index contributed by atoms with van der Waals surface area (Å²) in [7, 11) is 0. The SMILES string of the molecule is CCC(Oc1ccc(OC(F)(F)F)c(Br)c1)C(=O)O. The Balaban J connectivity index is 2.85. The third-order valence-corrected chi connectivity index (χ3v) is 2.67. The molecule has 0 radical (unpaired) electrons. The molecule has 0 aliphatic rings. The molecule has 1 aromatic rings. The fourth-order valence-electron chi connectivity index (χ4n) is 1.23. The van der Waals surface area contributed by atoms with Gasteiger partial charge in [0.2, 0.25) is 0 Å². The number of alkyl halides is 3. The number of carbonyl (C=O) groups is 1. The van der Waals surface area contributed by atoms with Crippen LogP contribution < -0.4 is 9.47 Å². The van der Waals surface area contributed by atoms with Crippen molar-refractivity contribution in [3.05, 3.63) is 22.7 Å².